The first-order valence-corrected chi connectivity index (χ1v) is 9.10. The molecule has 0 bridgehead atoms. The molecular weight excluding hydrogens is 493 g/mol. The van der Waals surface area contributed by atoms with Crippen LogP contribution in [-0.4, -0.2) is 17.1 Å². The van der Waals surface area contributed by atoms with E-state index in [2.05, 4.69) is 0 Å². The lowest BCUT2D eigenvalue weighted by atomic mass is 9.97. The molecule has 0 saturated carbocycles. The zero-order valence-electron chi connectivity index (χ0n) is 15.9. The fourth-order valence-electron chi connectivity index (χ4n) is 3.29. The Bertz CT molecular complexity index is 1090. The zero-order valence-corrected chi connectivity index (χ0v) is 16.6. The van der Waals surface area contributed by atoms with Crippen molar-refractivity contribution in [3.05, 3.63) is 76.0 Å². The Kier molecular flexibility index (Phi) is 6.09. The highest BCUT2D eigenvalue weighted by Gasteiger charge is 2.52. The Balaban J connectivity index is 2.35. The normalized spacial score (nSPS) is 18.3. The number of nitrogens with two attached hydrogens (primary N) is 1. The molecule has 2 aromatic carbocycles. The molecular formula is C19H11ClF9N3O. The predicted octanol–water partition coefficient (Wildman–Crippen LogP) is 5.96. The van der Waals surface area contributed by atoms with E-state index in [1.807, 2.05) is 0 Å². The fourth-order valence-corrected chi connectivity index (χ4v) is 3.58. The Hall–Kier alpha value is -2.93. The summed E-state index contributed by atoms with van der Waals surface area (Å²) in [5.74, 6) is 4.00. The zero-order chi connectivity index (χ0) is 24.9. The number of anilines is 1. The molecule has 14 heteroatoms. The second-order valence-corrected chi connectivity index (χ2v) is 7.13. The third kappa shape index (κ3) is 4.60. The second-order valence-electron chi connectivity index (χ2n) is 6.75. The molecule has 0 aliphatic carbocycles. The van der Waals surface area contributed by atoms with Crippen molar-refractivity contribution in [2.45, 2.75) is 24.7 Å². The maximum atomic E-state index is 13.7. The number of hydrogen-bond acceptors (Lipinski definition) is 3. The number of para-hydroxylation sites is 1. The lowest BCUT2D eigenvalue weighted by molar-refractivity contribution is -0.144. The maximum Gasteiger partial charge on any atom is 0.434 e. The van der Waals surface area contributed by atoms with Crippen molar-refractivity contribution in [3.63, 3.8) is 0 Å². The average molecular weight is 504 g/mol. The Morgan fingerprint density at radius 1 is 0.818 bits per heavy atom. The molecule has 2 aromatic rings. The third-order valence-electron chi connectivity index (χ3n) is 4.65. The molecule has 2 N–H and O–H groups in total. The number of benzene rings is 2. The topological polar surface area (TPSA) is 49.6 Å². The Labute approximate surface area is 184 Å². The van der Waals surface area contributed by atoms with Gasteiger partial charge in [0.15, 0.2) is 5.70 Å². The first-order valence-electron chi connectivity index (χ1n) is 8.73. The van der Waals surface area contributed by atoms with Crippen LogP contribution >= 0.6 is 11.6 Å². The molecule has 178 valence electrons. The number of alkyl halides is 9. The van der Waals surface area contributed by atoms with Crippen LogP contribution in [0.25, 0.3) is 0 Å². The summed E-state index contributed by atoms with van der Waals surface area (Å²) < 4.78 is 121. The molecule has 1 atom stereocenters. The summed E-state index contributed by atoms with van der Waals surface area (Å²) in [6.07, 6.45) is -18.3. The molecule has 1 aliphatic rings. The predicted molar refractivity (Wildman–Crippen MR) is 98.1 cm³/mol. The van der Waals surface area contributed by atoms with E-state index < -0.39 is 58.0 Å². The summed E-state index contributed by atoms with van der Waals surface area (Å²) in [5.41, 5.74) is -6.89. The number of carbonyl (C=O) groups is 1. The Morgan fingerprint density at radius 2 is 1.39 bits per heavy atom. The van der Waals surface area contributed by atoms with Gasteiger partial charge in [0.25, 0.3) is 5.91 Å². The molecule has 3 rings (SSSR count). The number of amides is 1. The number of carbonyl (C=O) groups excluding carboxylic acids is 1. The minimum atomic E-state index is -5.44. The SMILES string of the molecule is NN1C(C(F)(F)F)=C(Cl)C(=O)N(c2ccccc2)C1c1ccc(C(F)(F)F)cc1C(F)(F)F. The van der Waals surface area contributed by atoms with Crippen LogP contribution < -0.4 is 10.7 Å². The lowest BCUT2D eigenvalue weighted by Crippen LogP contribution is -2.55. The van der Waals surface area contributed by atoms with Gasteiger partial charge in [-0.25, -0.2) is 5.84 Å². The van der Waals surface area contributed by atoms with Crippen LogP contribution in [0.3, 0.4) is 0 Å². The van der Waals surface area contributed by atoms with E-state index in [-0.39, 0.29) is 22.8 Å². The Morgan fingerprint density at radius 3 is 1.88 bits per heavy atom. The number of nitrogens with zero attached hydrogens (tertiary/aromatic N) is 2. The van der Waals surface area contributed by atoms with Crippen molar-refractivity contribution < 1.29 is 44.3 Å². The van der Waals surface area contributed by atoms with E-state index in [0.29, 0.717) is 11.0 Å². The molecule has 1 amide bonds. The number of halogens is 10. The van der Waals surface area contributed by atoms with E-state index >= 15 is 0 Å². The van der Waals surface area contributed by atoms with Crippen LogP contribution in [0.5, 0.6) is 0 Å². The van der Waals surface area contributed by atoms with Crippen LogP contribution in [0.15, 0.2) is 59.3 Å². The molecule has 0 spiro atoms. The third-order valence-corrected chi connectivity index (χ3v) is 4.99. The number of hydrogen-bond donors (Lipinski definition) is 1. The highest BCUT2D eigenvalue weighted by Crippen LogP contribution is 2.47. The molecule has 0 fully saturated rings. The molecule has 0 saturated heterocycles. The largest absolute Gasteiger partial charge is 0.434 e. The van der Waals surface area contributed by atoms with Gasteiger partial charge in [0, 0.05) is 11.3 Å². The fraction of sp³-hybridized carbons (Fsp3) is 0.211. The van der Waals surface area contributed by atoms with Crippen LogP contribution in [0.2, 0.25) is 0 Å². The van der Waals surface area contributed by atoms with Gasteiger partial charge in [-0.15, -0.1) is 0 Å². The van der Waals surface area contributed by atoms with Crippen LogP contribution in [0, 0.1) is 0 Å². The molecule has 1 heterocycles. The van der Waals surface area contributed by atoms with Gasteiger partial charge in [0.2, 0.25) is 0 Å². The summed E-state index contributed by atoms with van der Waals surface area (Å²) >= 11 is 5.60. The lowest BCUT2D eigenvalue weighted by Gasteiger charge is -2.44. The summed E-state index contributed by atoms with van der Waals surface area (Å²) in [5, 5.41) is -1.64. The van der Waals surface area contributed by atoms with Crippen LogP contribution in [0.4, 0.5) is 45.2 Å². The van der Waals surface area contributed by atoms with Crippen molar-refractivity contribution in [2.24, 2.45) is 5.84 Å². The van der Waals surface area contributed by atoms with Gasteiger partial charge in [-0.3, -0.25) is 14.7 Å². The van der Waals surface area contributed by atoms with Crippen LogP contribution in [-0.2, 0) is 17.1 Å². The minimum Gasteiger partial charge on any atom is -0.281 e. The quantitative estimate of drug-likeness (QED) is 0.406. The molecule has 1 aliphatic heterocycles. The van der Waals surface area contributed by atoms with Gasteiger partial charge in [0.05, 0.1) is 11.1 Å². The monoisotopic (exact) mass is 503 g/mol. The number of hydrazine groups is 1. The second kappa shape index (κ2) is 8.13. The van der Waals surface area contributed by atoms with Crippen molar-refractivity contribution in [3.8, 4) is 0 Å². The van der Waals surface area contributed by atoms with E-state index in [1.54, 1.807) is 0 Å². The highest BCUT2D eigenvalue weighted by atomic mass is 35.5. The average Bonchev–Trinajstić information content (AvgIpc) is 2.68. The number of rotatable bonds is 2. The summed E-state index contributed by atoms with van der Waals surface area (Å²) in [6, 6.07) is 6.78. The van der Waals surface area contributed by atoms with Crippen molar-refractivity contribution in [2.75, 3.05) is 4.90 Å². The summed E-state index contributed by atoms with van der Waals surface area (Å²) in [6.45, 7) is 0. The minimum absolute atomic E-state index is 0.199. The van der Waals surface area contributed by atoms with Gasteiger partial charge < -0.3 is 0 Å². The van der Waals surface area contributed by atoms with Gasteiger partial charge in [0.1, 0.15) is 11.2 Å². The van der Waals surface area contributed by atoms with E-state index in [0.717, 1.165) is 0 Å². The van der Waals surface area contributed by atoms with Gasteiger partial charge in [-0.05, 0) is 24.3 Å². The van der Waals surface area contributed by atoms with Gasteiger partial charge in [-0.1, -0.05) is 35.9 Å². The highest BCUT2D eigenvalue weighted by molar-refractivity contribution is 6.44. The molecule has 0 aromatic heterocycles. The van der Waals surface area contributed by atoms with Crippen molar-refractivity contribution in [1.29, 1.82) is 0 Å². The smallest absolute Gasteiger partial charge is 0.281 e. The van der Waals surface area contributed by atoms with Crippen molar-refractivity contribution in [1.82, 2.24) is 5.01 Å². The summed E-state index contributed by atoms with van der Waals surface area (Å²) in [4.78, 5) is 13.2. The van der Waals surface area contributed by atoms with Gasteiger partial charge in [-0.2, -0.15) is 39.5 Å². The molecule has 4 nitrogen and oxygen atoms in total. The van der Waals surface area contributed by atoms with E-state index in [9.17, 15) is 44.3 Å². The molecule has 1 unspecified atom stereocenters. The maximum absolute atomic E-state index is 13.7. The standard InChI is InChI=1S/C19H11ClF9N3O/c20-13-14(19(27,28)29)32(30)15(31(16(13)33)10-4-2-1-3-5-10)11-7-6-9(17(21,22)23)8-12(11)18(24,25)26/h1-8,15H,30H2. The van der Waals surface area contributed by atoms with Crippen LogP contribution in [0.1, 0.15) is 22.9 Å². The van der Waals surface area contributed by atoms with Gasteiger partial charge >= 0.3 is 18.5 Å². The molecule has 0 radical (unpaired) electrons. The first kappa shape index (κ1) is 24.7. The summed E-state index contributed by atoms with van der Waals surface area (Å²) in [7, 11) is 0. The molecule has 33 heavy (non-hydrogen) atoms. The van der Waals surface area contributed by atoms with Crippen molar-refractivity contribution >= 4 is 23.2 Å². The van der Waals surface area contributed by atoms with E-state index in [4.69, 9.17) is 17.4 Å². The number of allylic oxidation sites excluding steroid dienone is 1. The first-order chi connectivity index (χ1) is 15.0. The van der Waals surface area contributed by atoms with E-state index in [1.165, 1.54) is 30.3 Å².